The molecule has 0 saturated carbocycles. The van der Waals surface area contributed by atoms with Crippen LogP contribution in [0.2, 0.25) is 0 Å². The van der Waals surface area contributed by atoms with Crippen molar-refractivity contribution in [1.29, 1.82) is 0 Å². The zero-order valence-corrected chi connectivity index (χ0v) is 13.3. The van der Waals surface area contributed by atoms with Gasteiger partial charge in [0.05, 0.1) is 12.2 Å². The summed E-state index contributed by atoms with van der Waals surface area (Å²) in [5.74, 6) is -1.19. The molecule has 1 amide bonds. The van der Waals surface area contributed by atoms with E-state index in [0.717, 1.165) is 0 Å². The Morgan fingerprint density at radius 1 is 1.30 bits per heavy atom. The Labute approximate surface area is 133 Å². The molecule has 1 saturated heterocycles. The fourth-order valence-corrected chi connectivity index (χ4v) is 1.93. The number of rotatable bonds is 3. The number of amides is 1. The molecule has 23 heavy (non-hydrogen) atoms. The quantitative estimate of drug-likeness (QED) is 0.679. The number of hydrogen-bond donors (Lipinski definition) is 1. The minimum Gasteiger partial charge on any atom is -0.463 e. The minimum atomic E-state index is -0.870. The van der Waals surface area contributed by atoms with Crippen LogP contribution in [0.3, 0.4) is 0 Å². The van der Waals surface area contributed by atoms with E-state index in [9.17, 15) is 14.4 Å². The molecule has 0 spiro atoms. The molecule has 0 aliphatic carbocycles. The van der Waals surface area contributed by atoms with Gasteiger partial charge in [-0.25, -0.2) is 14.4 Å². The van der Waals surface area contributed by atoms with Crippen LogP contribution in [-0.2, 0) is 19.0 Å². The van der Waals surface area contributed by atoms with E-state index in [1.165, 1.54) is 12.1 Å². The van der Waals surface area contributed by atoms with E-state index in [0.29, 0.717) is 12.1 Å². The molecule has 1 atom stereocenters. The third-order valence-electron chi connectivity index (χ3n) is 2.88. The lowest BCUT2D eigenvalue weighted by Crippen LogP contribution is -2.27. The van der Waals surface area contributed by atoms with Crippen LogP contribution >= 0.6 is 0 Å². The summed E-state index contributed by atoms with van der Waals surface area (Å²) in [6, 6.07) is 6.19. The number of carbonyl (C=O) groups is 3. The zero-order chi connectivity index (χ0) is 17.0. The molecular weight excluding hydrogens is 302 g/mol. The van der Waals surface area contributed by atoms with E-state index in [1.807, 2.05) is 0 Å². The van der Waals surface area contributed by atoms with Gasteiger partial charge in [0.15, 0.2) is 0 Å². The standard InChI is InChI=1S/C16H19NO6/c1-16(2,3)23-15(20)17-11-6-4-5-10(9-11)13(18)22-12-7-8-21-14(12)19/h4-6,9,12H,7-8H2,1-3H3,(H,17,20)/t12-/m0/s1. The molecule has 124 valence electrons. The third kappa shape index (κ3) is 4.98. The van der Waals surface area contributed by atoms with Gasteiger partial charge in [-0.15, -0.1) is 0 Å². The van der Waals surface area contributed by atoms with E-state index < -0.39 is 29.7 Å². The number of nitrogens with one attached hydrogen (secondary N) is 1. The number of esters is 2. The molecule has 0 aromatic heterocycles. The average molecular weight is 321 g/mol. The SMILES string of the molecule is CC(C)(C)OC(=O)Nc1cccc(C(=O)O[C@H]2CCOC2=O)c1. The number of ether oxygens (including phenoxy) is 3. The number of anilines is 1. The van der Waals surface area contributed by atoms with Crippen LogP contribution in [0.15, 0.2) is 24.3 Å². The van der Waals surface area contributed by atoms with Crippen molar-refractivity contribution in [3.05, 3.63) is 29.8 Å². The van der Waals surface area contributed by atoms with Gasteiger partial charge >= 0.3 is 18.0 Å². The van der Waals surface area contributed by atoms with Gasteiger partial charge in [-0.05, 0) is 39.0 Å². The molecule has 1 aromatic carbocycles. The Hall–Kier alpha value is -2.57. The molecule has 7 nitrogen and oxygen atoms in total. The van der Waals surface area contributed by atoms with Gasteiger partial charge in [-0.2, -0.15) is 0 Å². The summed E-state index contributed by atoms with van der Waals surface area (Å²) < 4.78 is 15.0. The first-order valence-corrected chi connectivity index (χ1v) is 7.22. The van der Waals surface area contributed by atoms with Crippen molar-refractivity contribution in [3.8, 4) is 0 Å². The molecule has 1 aliphatic heterocycles. The highest BCUT2D eigenvalue weighted by molar-refractivity contribution is 5.94. The second kappa shape index (κ2) is 6.68. The van der Waals surface area contributed by atoms with Gasteiger partial charge in [-0.1, -0.05) is 6.07 Å². The molecule has 1 N–H and O–H groups in total. The molecule has 0 radical (unpaired) electrons. The van der Waals surface area contributed by atoms with Crippen molar-refractivity contribution in [2.45, 2.75) is 38.9 Å². The molecule has 2 rings (SSSR count). The third-order valence-corrected chi connectivity index (χ3v) is 2.88. The van der Waals surface area contributed by atoms with Crippen LogP contribution in [0.4, 0.5) is 10.5 Å². The Morgan fingerprint density at radius 2 is 2.04 bits per heavy atom. The van der Waals surface area contributed by atoms with Gasteiger partial charge in [0.25, 0.3) is 0 Å². The topological polar surface area (TPSA) is 90.9 Å². The van der Waals surface area contributed by atoms with E-state index in [1.54, 1.807) is 32.9 Å². The average Bonchev–Trinajstić information content (AvgIpc) is 2.82. The normalized spacial score (nSPS) is 17.3. The maximum absolute atomic E-state index is 12.0. The van der Waals surface area contributed by atoms with Crippen molar-refractivity contribution in [2.24, 2.45) is 0 Å². The second-order valence-corrected chi connectivity index (χ2v) is 6.06. The molecule has 1 fully saturated rings. The Morgan fingerprint density at radius 3 is 2.65 bits per heavy atom. The van der Waals surface area contributed by atoms with Gasteiger partial charge < -0.3 is 14.2 Å². The molecule has 0 bridgehead atoms. The number of benzene rings is 1. The summed E-state index contributed by atoms with van der Waals surface area (Å²) in [6.45, 7) is 5.50. The first kappa shape index (κ1) is 16.8. The lowest BCUT2D eigenvalue weighted by Gasteiger charge is -2.19. The molecule has 1 aliphatic rings. The number of carbonyl (C=O) groups excluding carboxylic acids is 3. The van der Waals surface area contributed by atoms with Crippen molar-refractivity contribution in [2.75, 3.05) is 11.9 Å². The summed E-state index contributed by atoms with van der Waals surface area (Å²) in [6.07, 6.45) is -1.15. The maximum Gasteiger partial charge on any atom is 0.412 e. The van der Waals surface area contributed by atoms with Crippen molar-refractivity contribution >= 4 is 23.7 Å². The first-order chi connectivity index (χ1) is 10.7. The molecule has 0 unspecified atom stereocenters. The Balaban J connectivity index is 2.00. The van der Waals surface area contributed by atoms with Gasteiger partial charge in [-0.3, -0.25) is 5.32 Å². The largest absolute Gasteiger partial charge is 0.463 e. The van der Waals surface area contributed by atoms with Crippen molar-refractivity contribution in [1.82, 2.24) is 0 Å². The minimum absolute atomic E-state index is 0.221. The van der Waals surface area contributed by atoms with Crippen LogP contribution in [0.1, 0.15) is 37.6 Å². The van der Waals surface area contributed by atoms with Gasteiger partial charge in [0, 0.05) is 12.1 Å². The summed E-state index contributed by atoms with van der Waals surface area (Å²) in [4.78, 5) is 35.1. The van der Waals surface area contributed by atoms with Crippen LogP contribution in [0.5, 0.6) is 0 Å². The lowest BCUT2D eigenvalue weighted by atomic mass is 10.2. The van der Waals surface area contributed by atoms with Crippen LogP contribution in [-0.4, -0.2) is 36.3 Å². The fraction of sp³-hybridized carbons (Fsp3) is 0.438. The lowest BCUT2D eigenvalue weighted by molar-refractivity contribution is -0.145. The number of cyclic esters (lactones) is 1. The monoisotopic (exact) mass is 321 g/mol. The van der Waals surface area contributed by atoms with Crippen LogP contribution < -0.4 is 5.32 Å². The summed E-state index contributed by atoms with van der Waals surface area (Å²) in [7, 11) is 0. The zero-order valence-electron chi connectivity index (χ0n) is 13.3. The van der Waals surface area contributed by atoms with Gasteiger partial charge in [0.2, 0.25) is 6.10 Å². The highest BCUT2D eigenvalue weighted by Gasteiger charge is 2.30. The van der Waals surface area contributed by atoms with Gasteiger partial charge in [0.1, 0.15) is 5.60 Å². The van der Waals surface area contributed by atoms with Crippen molar-refractivity contribution in [3.63, 3.8) is 0 Å². The molecule has 7 heteroatoms. The molecule has 1 heterocycles. The first-order valence-electron chi connectivity index (χ1n) is 7.22. The Kier molecular flexibility index (Phi) is 4.88. The predicted molar refractivity (Wildman–Crippen MR) is 81.1 cm³/mol. The van der Waals surface area contributed by atoms with Crippen LogP contribution in [0, 0.1) is 0 Å². The highest BCUT2D eigenvalue weighted by Crippen LogP contribution is 2.17. The fourth-order valence-electron chi connectivity index (χ4n) is 1.93. The van der Waals surface area contributed by atoms with E-state index in [-0.39, 0.29) is 12.2 Å². The van der Waals surface area contributed by atoms with E-state index in [2.05, 4.69) is 5.32 Å². The molecular formula is C16H19NO6. The Bertz CT molecular complexity index is 619. The smallest absolute Gasteiger partial charge is 0.412 e. The predicted octanol–water partition coefficient (Wildman–Crippen LogP) is 2.51. The maximum atomic E-state index is 12.0. The summed E-state index contributed by atoms with van der Waals surface area (Å²) >= 11 is 0. The van der Waals surface area contributed by atoms with Crippen LogP contribution in [0.25, 0.3) is 0 Å². The summed E-state index contributed by atoms with van der Waals surface area (Å²) in [5, 5.41) is 2.54. The van der Waals surface area contributed by atoms with E-state index >= 15 is 0 Å². The second-order valence-electron chi connectivity index (χ2n) is 6.06. The highest BCUT2D eigenvalue weighted by atomic mass is 16.6. The van der Waals surface area contributed by atoms with Crippen molar-refractivity contribution < 1.29 is 28.6 Å². The summed E-state index contributed by atoms with van der Waals surface area (Å²) in [5.41, 5.74) is -0.00957. The number of hydrogen-bond acceptors (Lipinski definition) is 6. The molecule has 1 aromatic rings. The van der Waals surface area contributed by atoms with E-state index in [4.69, 9.17) is 14.2 Å².